The van der Waals surface area contributed by atoms with Crippen LogP contribution in [0.4, 0.5) is 22.5 Å². The molecule has 0 spiro atoms. The Labute approximate surface area is 226 Å². The predicted octanol–water partition coefficient (Wildman–Crippen LogP) is 5.76. The van der Waals surface area contributed by atoms with Crippen molar-refractivity contribution >= 4 is 39.7 Å². The molecule has 1 aliphatic carbocycles. The lowest BCUT2D eigenvalue weighted by molar-refractivity contribution is -0.120. The summed E-state index contributed by atoms with van der Waals surface area (Å²) in [7, 11) is 0. The smallest absolute Gasteiger partial charge is 0.227 e. The molecule has 194 valence electrons. The van der Waals surface area contributed by atoms with Gasteiger partial charge in [0.05, 0.1) is 16.3 Å². The number of carbonyl (C=O) groups excluding carboxylic acids is 1. The van der Waals surface area contributed by atoms with E-state index in [4.69, 9.17) is 10.7 Å². The number of fused-ring (bicyclic) bond motifs is 1. The fourth-order valence-electron chi connectivity index (χ4n) is 5.29. The van der Waals surface area contributed by atoms with Crippen molar-refractivity contribution in [3.8, 4) is 21.8 Å². The standard InChI is InChI=1S/C29H31N7OS/c30-28-36-25(20-7-4-8-22(15-20)33-27(37)19-5-2-1-3-6-19)26(38-28)24-12-14-32-29(35-24)34-23-10-9-18-11-13-31-17-21(18)16-23/h4,7-10,12,14-16,19,31H,1-3,5-6,11,13,17H2,(H2,30,36)(H,33,37)(H,32,34,35). The van der Waals surface area contributed by atoms with Gasteiger partial charge in [0.25, 0.3) is 0 Å². The maximum atomic E-state index is 12.8. The summed E-state index contributed by atoms with van der Waals surface area (Å²) in [5.74, 6) is 0.707. The highest BCUT2D eigenvalue weighted by Crippen LogP contribution is 2.38. The van der Waals surface area contributed by atoms with Crippen LogP contribution in [-0.2, 0) is 17.8 Å². The number of carbonyl (C=O) groups is 1. The third-order valence-corrected chi connectivity index (χ3v) is 8.17. The van der Waals surface area contributed by atoms with Gasteiger partial charge in [-0.05, 0) is 67.3 Å². The number of nitrogens with zero attached hydrogens (tertiary/aromatic N) is 3. The summed E-state index contributed by atoms with van der Waals surface area (Å²) in [6, 6.07) is 16.1. The monoisotopic (exact) mass is 525 g/mol. The Morgan fingerprint density at radius 3 is 2.79 bits per heavy atom. The van der Waals surface area contributed by atoms with Gasteiger partial charge >= 0.3 is 0 Å². The van der Waals surface area contributed by atoms with Gasteiger partial charge in [0.15, 0.2) is 5.13 Å². The van der Waals surface area contributed by atoms with Crippen molar-refractivity contribution in [1.82, 2.24) is 20.3 Å². The molecule has 4 aromatic rings. The zero-order valence-electron chi connectivity index (χ0n) is 21.2. The van der Waals surface area contributed by atoms with Crippen LogP contribution in [0.15, 0.2) is 54.7 Å². The van der Waals surface area contributed by atoms with Gasteiger partial charge in [-0.1, -0.05) is 48.8 Å². The number of aromatic nitrogens is 3. The first-order valence-corrected chi connectivity index (χ1v) is 14.0. The second-order valence-corrected chi connectivity index (χ2v) is 11.0. The van der Waals surface area contributed by atoms with E-state index < -0.39 is 0 Å². The van der Waals surface area contributed by atoms with Gasteiger partial charge in [-0.3, -0.25) is 4.79 Å². The normalized spacial score (nSPS) is 15.6. The highest BCUT2D eigenvalue weighted by atomic mass is 32.1. The Hall–Kier alpha value is -3.82. The molecular weight excluding hydrogens is 494 g/mol. The lowest BCUT2D eigenvalue weighted by Gasteiger charge is -2.20. The molecule has 1 saturated carbocycles. The lowest BCUT2D eigenvalue weighted by Crippen LogP contribution is -2.24. The number of hydrogen-bond donors (Lipinski definition) is 4. The van der Waals surface area contributed by atoms with Crippen molar-refractivity contribution in [2.45, 2.75) is 45.1 Å². The molecule has 1 aliphatic heterocycles. The zero-order chi connectivity index (χ0) is 25.9. The topological polar surface area (TPSA) is 118 Å². The number of anilines is 4. The van der Waals surface area contributed by atoms with Crippen LogP contribution >= 0.6 is 11.3 Å². The van der Waals surface area contributed by atoms with E-state index >= 15 is 0 Å². The molecule has 0 bridgehead atoms. The minimum Gasteiger partial charge on any atom is -0.375 e. The first kappa shape index (κ1) is 24.5. The number of amides is 1. The number of nitrogens with one attached hydrogen (secondary N) is 3. The molecule has 38 heavy (non-hydrogen) atoms. The molecule has 5 N–H and O–H groups in total. The maximum Gasteiger partial charge on any atom is 0.227 e. The first-order chi connectivity index (χ1) is 18.6. The second kappa shape index (κ2) is 10.9. The van der Waals surface area contributed by atoms with Gasteiger partial charge < -0.3 is 21.7 Å². The van der Waals surface area contributed by atoms with Crippen LogP contribution in [0.25, 0.3) is 21.8 Å². The first-order valence-electron chi connectivity index (χ1n) is 13.2. The van der Waals surface area contributed by atoms with Crippen LogP contribution in [0.2, 0.25) is 0 Å². The fraction of sp³-hybridized carbons (Fsp3) is 0.310. The van der Waals surface area contributed by atoms with Gasteiger partial charge in [-0.25, -0.2) is 15.0 Å². The number of benzene rings is 2. The molecule has 0 atom stereocenters. The van der Waals surface area contributed by atoms with Gasteiger partial charge in [0.2, 0.25) is 11.9 Å². The molecule has 0 unspecified atom stereocenters. The van der Waals surface area contributed by atoms with Crippen LogP contribution in [-0.4, -0.2) is 27.4 Å². The molecule has 2 aromatic carbocycles. The van der Waals surface area contributed by atoms with E-state index in [1.54, 1.807) is 6.20 Å². The van der Waals surface area contributed by atoms with Gasteiger partial charge in [0, 0.05) is 35.6 Å². The van der Waals surface area contributed by atoms with E-state index in [1.807, 2.05) is 30.3 Å². The Bertz CT molecular complexity index is 1460. The van der Waals surface area contributed by atoms with Crippen molar-refractivity contribution in [1.29, 1.82) is 0 Å². The molecule has 9 heteroatoms. The van der Waals surface area contributed by atoms with Crippen molar-refractivity contribution in [3.05, 3.63) is 65.9 Å². The van der Waals surface area contributed by atoms with E-state index in [0.717, 1.165) is 78.4 Å². The number of thiazole rings is 1. The minimum absolute atomic E-state index is 0.0937. The minimum atomic E-state index is 0.0937. The maximum absolute atomic E-state index is 12.8. The Morgan fingerprint density at radius 1 is 1.00 bits per heavy atom. The van der Waals surface area contributed by atoms with Crippen LogP contribution in [0, 0.1) is 5.92 Å². The highest BCUT2D eigenvalue weighted by molar-refractivity contribution is 7.19. The van der Waals surface area contributed by atoms with E-state index in [9.17, 15) is 4.79 Å². The summed E-state index contributed by atoms with van der Waals surface area (Å²) < 4.78 is 0. The van der Waals surface area contributed by atoms with Crippen LogP contribution in [0.1, 0.15) is 43.2 Å². The van der Waals surface area contributed by atoms with E-state index in [0.29, 0.717) is 11.1 Å². The average molecular weight is 526 g/mol. The Morgan fingerprint density at radius 2 is 1.89 bits per heavy atom. The highest BCUT2D eigenvalue weighted by Gasteiger charge is 2.22. The van der Waals surface area contributed by atoms with Gasteiger partial charge in [-0.15, -0.1) is 0 Å². The number of nitrogen functional groups attached to an aromatic ring is 1. The third kappa shape index (κ3) is 5.39. The number of hydrogen-bond acceptors (Lipinski definition) is 8. The number of rotatable bonds is 6. The van der Waals surface area contributed by atoms with E-state index in [-0.39, 0.29) is 11.8 Å². The third-order valence-electron chi connectivity index (χ3n) is 7.26. The lowest BCUT2D eigenvalue weighted by atomic mass is 9.88. The van der Waals surface area contributed by atoms with Crippen molar-refractivity contribution < 1.29 is 4.79 Å². The summed E-state index contributed by atoms with van der Waals surface area (Å²) in [6.07, 6.45) is 8.18. The molecular formula is C29H31N7OS. The average Bonchev–Trinajstić information content (AvgIpc) is 3.35. The zero-order valence-corrected chi connectivity index (χ0v) is 22.0. The summed E-state index contributed by atoms with van der Waals surface area (Å²) in [4.78, 5) is 27.5. The largest absolute Gasteiger partial charge is 0.375 e. The second-order valence-electron chi connectivity index (χ2n) is 9.94. The van der Waals surface area contributed by atoms with Crippen LogP contribution in [0.3, 0.4) is 0 Å². The molecule has 3 heterocycles. The summed E-state index contributed by atoms with van der Waals surface area (Å²) >= 11 is 1.39. The summed E-state index contributed by atoms with van der Waals surface area (Å²) in [5.41, 5.74) is 12.9. The van der Waals surface area contributed by atoms with Gasteiger partial charge in [-0.2, -0.15) is 0 Å². The summed E-state index contributed by atoms with van der Waals surface area (Å²) in [5, 5.41) is 10.3. The van der Waals surface area contributed by atoms with Crippen LogP contribution < -0.4 is 21.7 Å². The van der Waals surface area contributed by atoms with Crippen molar-refractivity contribution in [2.75, 3.05) is 22.9 Å². The van der Waals surface area contributed by atoms with Gasteiger partial charge in [0.1, 0.15) is 0 Å². The van der Waals surface area contributed by atoms with E-state index in [1.165, 1.54) is 28.9 Å². The molecule has 0 radical (unpaired) electrons. The van der Waals surface area contributed by atoms with E-state index in [2.05, 4.69) is 44.1 Å². The summed E-state index contributed by atoms with van der Waals surface area (Å²) in [6.45, 7) is 1.89. The molecule has 6 rings (SSSR count). The number of nitrogens with two attached hydrogens (primary N) is 1. The Balaban J connectivity index is 1.24. The fourth-order valence-corrected chi connectivity index (χ4v) is 6.12. The van der Waals surface area contributed by atoms with Crippen molar-refractivity contribution in [2.24, 2.45) is 5.92 Å². The molecule has 1 fully saturated rings. The predicted molar refractivity (Wildman–Crippen MR) is 153 cm³/mol. The van der Waals surface area contributed by atoms with Crippen LogP contribution in [0.5, 0.6) is 0 Å². The molecule has 0 saturated heterocycles. The molecule has 1 amide bonds. The molecule has 8 nitrogen and oxygen atoms in total. The quantitative estimate of drug-likeness (QED) is 0.253. The molecule has 2 aromatic heterocycles. The Kier molecular flexibility index (Phi) is 7.02. The molecule has 2 aliphatic rings. The SMILES string of the molecule is Nc1nc(-c2cccc(NC(=O)C3CCCCC3)c2)c(-c2ccnc(Nc3ccc4c(c3)CNCC4)n2)s1. The van der Waals surface area contributed by atoms with Crippen molar-refractivity contribution in [3.63, 3.8) is 0 Å².